The van der Waals surface area contributed by atoms with Gasteiger partial charge in [-0.15, -0.1) is 0 Å². The van der Waals surface area contributed by atoms with Crippen LogP contribution in [-0.2, 0) is 16.0 Å². The van der Waals surface area contributed by atoms with Crippen molar-refractivity contribution in [2.45, 2.75) is 32.6 Å². The molecule has 1 aliphatic rings. The SMILES string of the molecule is COc1ccc2c(C)c(CCC(=O)N3CCC[C@H](C(=O)O)C3)c(=O)oc2c1OC. The fraction of sp³-hybridized carbons (Fsp3) is 0.476. The molecule has 2 aromatic rings. The molecule has 156 valence electrons. The summed E-state index contributed by atoms with van der Waals surface area (Å²) >= 11 is 0. The van der Waals surface area contributed by atoms with Gasteiger partial charge >= 0.3 is 11.6 Å². The Hall–Kier alpha value is -3.03. The molecule has 8 heteroatoms. The molecule has 3 rings (SSSR count). The van der Waals surface area contributed by atoms with Crippen molar-refractivity contribution in [1.82, 2.24) is 4.90 Å². The van der Waals surface area contributed by atoms with E-state index in [-0.39, 0.29) is 25.3 Å². The summed E-state index contributed by atoms with van der Waals surface area (Å²) in [7, 11) is 2.98. The number of carbonyl (C=O) groups is 2. The van der Waals surface area contributed by atoms with Crippen LogP contribution in [0.15, 0.2) is 21.3 Å². The highest BCUT2D eigenvalue weighted by molar-refractivity contribution is 5.88. The lowest BCUT2D eigenvalue weighted by Gasteiger charge is -2.30. The third kappa shape index (κ3) is 4.06. The molecule has 1 aromatic heterocycles. The average molecular weight is 403 g/mol. The number of carboxylic acid groups (broad SMARTS) is 1. The number of benzene rings is 1. The Morgan fingerprint density at radius 3 is 2.69 bits per heavy atom. The maximum Gasteiger partial charge on any atom is 0.339 e. The minimum Gasteiger partial charge on any atom is -0.493 e. The second-order valence-corrected chi connectivity index (χ2v) is 7.19. The highest BCUT2D eigenvalue weighted by Crippen LogP contribution is 2.36. The van der Waals surface area contributed by atoms with Crippen molar-refractivity contribution in [2.75, 3.05) is 27.3 Å². The zero-order valence-corrected chi connectivity index (χ0v) is 16.8. The molecule has 2 heterocycles. The van der Waals surface area contributed by atoms with Crippen LogP contribution in [0, 0.1) is 12.8 Å². The fourth-order valence-corrected chi connectivity index (χ4v) is 3.85. The predicted molar refractivity (Wildman–Crippen MR) is 106 cm³/mol. The molecule has 1 N–H and O–H groups in total. The van der Waals surface area contributed by atoms with Gasteiger partial charge < -0.3 is 23.9 Å². The van der Waals surface area contributed by atoms with Crippen molar-refractivity contribution < 1.29 is 28.6 Å². The minimum atomic E-state index is -0.877. The van der Waals surface area contributed by atoms with Crippen LogP contribution in [0.5, 0.6) is 11.5 Å². The third-order valence-corrected chi connectivity index (χ3v) is 5.51. The first-order chi connectivity index (χ1) is 13.9. The standard InChI is InChI=1S/C21H25NO7/c1-12-14-6-8-16(27-2)19(28-3)18(14)29-21(26)15(12)7-9-17(23)22-10-4-5-13(11-22)20(24)25/h6,8,13H,4-5,7,9-11H2,1-3H3,(H,24,25)/t13-/m0/s1. The first kappa shape index (κ1) is 20.7. The monoisotopic (exact) mass is 403 g/mol. The molecule has 0 bridgehead atoms. The zero-order valence-electron chi connectivity index (χ0n) is 16.8. The molecule has 0 unspecified atom stereocenters. The van der Waals surface area contributed by atoms with E-state index in [4.69, 9.17) is 13.9 Å². The van der Waals surface area contributed by atoms with Gasteiger partial charge in [-0.1, -0.05) is 0 Å². The quantitative estimate of drug-likeness (QED) is 0.738. The predicted octanol–water partition coefficient (Wildman–Crippen LogP) is 2.37. The highest BCUT2D eigenvalue weighted by atomic mass is 16.5. The first-order valence-electron chi connectivity index (χ1n) is 9.55. The molecular weight excluding hydrogens is 378 g/mol. The molecule has 1 atom stereocenters. The van der Waals surface area contributed by atoms with Crippen molar-refractivity contribution in [2.24, 2.45) is 5.92 Å². The van der Waals surface area contributed by atoms with Crippen molar-refractivity contribution >= 4 is 22.8 Å². The number of likely N-dealkylation sites (tertiary alicyclic amines) is 1. The van der Waals surface area contributed by atoms with Gasteiger partial charge in [-0.25, -0.2) is 4.79 Å². The Bertz CT molecular complexity index is 995. The summed E-state index contributed by atoms with van der Waals surface area (Å²) in [6, 6.07) is 3.53. The lowest BCUT2D eigenvalue weighted by atomic mass is 9.97. The first-order valence-corrected chi connectivity index (χ1v) is 9.55. The van der Waals surface area contributed by atoms with Gasteiger partial charge in [0.25, 0.3) is 0 Å². The second-order valence-electron chi connectivity index (χ2n) is 7.19. The van der Waals surface area contributed by atoms with Gasteiger partial charge in [0.1, 0.15) is 0 Å². The van der Waals surface area contributed by atoms with Crippen LogP contribution in [0.3, 0.4) is 0 Å². The van der Waals surface area contributed by atoms with Crippen molar-refractivity contribution in [3.8, 4) is 11.5 Å². The Kier molecular flexibility index (Phi) is 6.10. The van der Waals surface area contributed by atoms with Crippen molar-refractivity contribution in [1.29, 1.82) is 0 Å². The van der Waals surface area contributed by atoms with E-state index in [2.05, 4.69) is 0 Å². The number of fused-ring (bicyclic) bond motifs is 1. The molecule has 1 fully saturated rings. The summed E-state index contributed by atoms with van der Waals surface area (Å²) in [6.45, 7) is 2.58. The van der Waals surface area contributed by atoms with E-state index in [0.717, 1.165) is 5.56 Å². The summed E-state index contributed by atoms with van der Waals surface area (Å²) in [4.78, 5) is 37.9. The number of hydrogen-bond donors (Lipinski definition) is 1. The van der Waals surface area contributed by atoms with E-state index >= 15 is 0 Å². The van der Waals surface area contributed by atoms with Crippen molar-refractivity contribution in [3.05, 3.63) is 33.7 Å². The maximum absolute atomic E-state index is 12.6. The van der Waals surface area contributed by atoms with E-state index in [1.807, 2.05) is 6.92 Å². The lowest BCUT2D eigenvalue weighted by Crippen LogP contribution is -2.42. The average Bonchev–Trinajstić information content (AvgIpc) is 2.72. The normalized spacial score (nSPS) is 16.7. The number of amides is 1. The minimum absolute atomic E-state index is 0.122. The highest BCUT2D eigenvalue weighted by Gasteiger charge is 2.28. The van der Waals surface area contributed by atoms with Gasteiger partial charge in [0.05, 0.1) is 20.1 Å². The molecule has 1 aliphatic heterocycles. The van der Waals surface area contributed by atoms with E-state index in [1.54, 1.807) is 17.0 Å². The molecule has 29 heavy (non-hydrogen) atoms. The van der Waals surface area contributed by atoms with Crippen LogP contribution in [-0.4, -0.2) is 49.2 Å². The van der Waals surface area contributed by atoms with Crippen LogP contribution in [0.1, 0.15) is 30.4 Å². The molecule has 0 radical (unpaired) electrons. The van der Waals surface area contributed by atoms with Gasteiger partial charge in [0.2, 0.25) is 11.7 Å². The van der Waals surface area contributed by atoms with E-state index < -0.39 is 17.5 Å². The van der Waals surface area contributed by atoms with Crippen molar-refractivity contribution in [3.63, 3.8) is 0 Å². The van der Waals surface area contributed by atoms with Crippen LogP contribution in [0.2, 0.25) is 0 Å². The largest absolute Gasteiger partial charge is 0.493 e. The second kappa shape index (κ2) is 8.55. The van der Waals surface area contributed by atoms with Gasteiger partial charge in [-0.2, -0.15) is 0 Å². The number of methoxy groups -OCH3 is 2. The molecular formula is C21H25NO7. The molecule has 0 aliphatic carbocycles. The molecule has 0 spiro atoms. The summed E-state index contributed by atoms with van der Waals surface area (Å²) in [6.07, 6.45) is 1.60. The molecule has 0 saturated carbocycles. The Morgan fingerprint density at radius 1 is 1.28 bits per heavy atom. The number of rotatable bonds is 6. The molecule has 8 nitrogen and oxygen atoms in total. The van der Waals surface area contributed by atoms with Gasteiger partial charge in [-0.3, -0.25) is 9.59 Å². The molecule has 1 aromatic carbocycles. The van der Waals surface area contributed by atoms with Gasteiger partial charge in [0, 0.05) is 30.5 Å². The smallest absolute Gasteiger partial charge is 0.339 e. The van der Waals surface area contributed by atoms with E-state index in [0.29, 0.717) is 47.4 Å². The van der Waals surface area contributed by atoms with Crippen LogP contribution in [0.25, 0.3) is 11.0 Å². The number of ether oxygens (including phenoxy) is 2. The number of carboxylic acids is 1. The third-order valence-electron chi connectivity index (χ3n) is 5.51. The Morgan fingerprint density at radius 2 is 2.03 bits per heavy atom. The number of aliphatic carboxylic acids is 1. The topological polar surface area (TPSA) is 106 Å². The van der Waals surface area contributed by atoms with E-state index in [1.165, 1.54) is 14.2 Å². The zero-order chi connectivity index (χ0) is 21.1. The summed E-state index contributed by atoms with van der Waals surface area (Å²) in [5.74, 6) is -0.743. The lowest BCUT2D eigenvalue weighted by molar-refractivity contribution is -0.145. The Labute approximate surface area is 168 Å². The summed E-state index contributed by atoms with van der Waals surface area (Å²) in [5, 5.41) is 9.90. The van der Waals surface area contributed by atoms with Crippen LogP contribution in [0.4, 0.5) is 0 Å². The number of nitrogens with zero attached hydrogens (tertiary/aromatic N) is 1. The van der Waals surface area contributed by atoms with Gasteiger partial charge in [0.15, 0.2) is 11.3 Å². The molecule has 1 saturated heterocycles. The summed E-state index contributed by atoms with van der Waals surface area (Å²) in [5.41, 5.74) is 0.957. The fourth-order valence-electron chi connectivity index (χ4n) is 3.85. The number of aryl methyl sites for hydroxylation is 1. The van der Waals surface area contributed by atoms with E-state index in [9.17, 15) is 19.5 Å². The summed E-state index contributed by atoms with van der Waals surface area (Å²) < 4.78 is 16.1. The maximum atomic E-state index is 12.6. The van der Waals surface area contributed by atoms with Crippen LogP contribution < -0.4 is 15.1 Å². The van der Waals surface area contributed by atoms with Crippen LogP contribution >= 0.6 is 0 Å². The Balaban J connectivity index is 1.83. The number of hydrogen-bond acceptors (Lipinski definition) is 6. The number of piperidine rings is 1. The number of carbonyl (C=O) groups excluding carboxylic acids is 1. The molecule has 1 amide bonds. The van der Waals surface area contributed by atoms with Gasteiger partial charge in [-0.05, 0) is 43.9 Å².